The number of rotatable bonds is 6. The molecule has 1 rings (SSSR count). The summed E-state index contributed by atoms with van der Waals surface area (Å²) in [4.78, 5) is 12.7. The predicted octanol–water partition coefficient (Wildman–Crippen LogP) is 4.55. The van der Waals surface area contributed by atoms with E-state index in [0.29, 0.717) is 23.9 Å². The molecule has 0 aliphatic heterocycles. The molecule has 0 unspecified atom stereocenters. The predicted molar refractivity (Wildman–Crippen MR) is 73.9 cm³/mol. The van der Waals surface area contributed by atoms with Crippen molar-refractivity contribution in [3.8, 4) is 0 Å². The quantitative estimate of drug-likeness (QED) is 0.717. The molecule has 0 saturated heterocycles. The molecular formula is C13H17BrOS. The molecule has 0 atom stereocenters. The van der Waals surface area contributed by atoms with Crippen LogP contribution in [0, 0.1) is 5.92 Å². The molecule has 0 aromatic heterocycles. The highest BCUT2D eigenvalue weighted by molar-refractivity contribution is 9.10. The van der Waals surface area contributed by atoms with E-state index in [9.17, 15) is 4.79 Å². The van der Waals surface area contributed by atoms with Crippen molar-refractivity contribution in [3.63, 3.8) is 0 Å². The van der Waals surface area contributed by atoms with Gasteiger partial charge in [-0.3, -0.25) is 4.79 Å². The van der Waals surface area contributed by atoms with Crippen LogP contribution in [0.3, 0.4) is 0 Å². The minimum atomic E-state index is 0.342. The fourth-order valence-corrected chi connectivity index (χ4v) is 2.71. The zero-order chi connectivity index (χ0) is 12.0. The molecule has 0 radical (unpaired) electrons. The van der Waals surface area contributed by atoms with Crippen LogP contribution in [0.1, 0.15) is 26.7 Å². The van der Waals surface area contributed by atoms with Gasteiger partial charge in [0.15, 0.2) is 0 Å². The molecule has 0 amide bonds. The zero-order valence-electron chi connectivity index (χ0n) is 9.70. The van der Waals surface area contributed by atoms with Crippen LogP contribution in [-0.4, -0.2) is 11.5 Å². The molecule has 0 fully saturated rings. The maximum absolute atomic E-state index is 11.6. The third kappa shape index (κ3) is 5.17. The van der Waals surface area contributed by atoms with Crippen LogP contribution in [0.15, 0.2) is 33.6 Å². The molecule has 0 aliphatic rings. The number of hydrogen-bond acceptors (Lipinski definition) is 2. The van der Waals surface area contributed by atoms with Crippen LogP contribution in [0.25, 0.3) is 0 Å². The first-order chi connectivity index (χ1) is 7.59. The van der Waals surface area contributed by atoms with Gasteiger partial charge in [-0.15, -0.1) is 11.8 Å². The Morgan fingerprint density at radius 2 is 2.06 bits per heavy atom. The highest BCUT2D eigenvalue weighted by Gasteiger charge is 2.06. The second kappa shape index (κ2) is 7.13. The van der Waals surface area contributed by atoms with Gasteiger partial charge in [-0.05, 0) is 40.4 Å². The van der Waals surface area contributed by atoms with Crippen molar-refractivity contribution in [1.82, 2.24) is 0 Å². The molecule has 88 valence electrons. The number of ketones is 1. The summed E-state index contributed by atoms with van der Waals surface area (Å²) in [7, 11) is 0. The fourth-order valence-electron chi connectivity index (χ4n) is 1.24. The van der Waals surface area contributed by atoms with Crippen LogP contribution in [0.2, 0.25) is 0 Å². The third-order valence-corrected chi connectivity index (χ3v) is 4.31. The molecule has 0 heterocycles. The van der Waals surface area contributed by atoms with Crippen molar-refractivity contribution in [2.45, 2.75) is 31.6 Å². The standard InChI is InChI=1S/C13H17BrOS/c1-10(2)7-8-11(15)9-16-13-6-4-3-5-12(13)14/h3-6,10H,7-9H2,1-2H3. The lowest BCUT2D eigenvalue weighted by Crippen LogP contribution is -2.03. The van der Waals surface area contributed by atoms with Crippen molar-refractivity contribution in [1.29, 1.82) is 0 Å². The van der Waals surface area contributed by atoms with Gasteiger partial charge in [-0.1, -0.05) is 26.0 Å². The summed E-state index contributed by atoms with van der Waals surface area (Å²) in [5, 5.41) is 0. The Morgan fingerprint density at radius 1 is 1.38 bits per heavy atom. The van der Waals surface area contributed by atoms with Crippen molar-refractivity contribution < 1.29 is 4.79 Å². The van der Waals surface area contributed by atoms with E-state index in [1.54, 1.807) is 11.8 Å². The molecule has 0 aliphatic carbocycles. The summed E-state index contributed by atoms with van der Waals surface area (Å²) in [6, 6.07) is 8.01. The highest BCUT2D eigenvalue weighted by Crippen LogP contribution is 2.27. The van der Waals surface area contributed by atoms with E-state index in [0.717, 1.165) is 15.8 Å². The SMILES string of the molecule is CC(C)CCC(=O)CSc1ccccc1Br. The van der Waals surface area contributed by atoms with Crippen molar-refractivity contribution in [3.05, 3.63) is 28.7 Å². The number of halogens is 1. The van der Waals surface area contributed by atoms with Gasteiger partial charge in [0, 0.05) is 15.8 Å². The number of Topliss-reactive ketones (excluding diaryl/α,β-unsaturated/α-hetero) is 1. The van der Waals surface area contributed by atoms with E-state index < -0.39 is 0 Å². The van der Waals surface area contributed by atoms with Crippen molar-refractivity contribution in [2.24, 2.45) is 5.92 Å². The molecule has 0 saturated carbocycles. The van der Waals surface area contributed by atoms with Gasteiger partial charge in [0.25, 0.3) is 0 Å². The topological polar surface area (TPSA) is 17.1 Å². The first kappa shape index (κ1) is 13.8. The van der Waals surface area contributed by atoms with E-state index in [4.69, 9.17) is 0 Å². The minimum absolute atomic E-state index is 0.342. The monoisotopic (exact) mass is 300 g/mol. The smallest absolute Gasteiger partial charge is 0.143 e. The first-order valence-electron chi connectivity index (χ1n) is 5.48. The van der Waals surface area contributed by atoms with Gasteiger partial charge >= 0.3 is 0 Å². The summed E-state index contributed by atoms with van der Waals surface area (Å²) < 4.78 is 1.07. The van der Waals surface area contributed by atoms with E-state index in [-0.39, 0.29) is 0 Å². The van der Waals surface area contributed by atoms with Gasteiger partial charge < -0.3 is 0 Å². The second-order valence-corrected chi connectivity index (χ2v) is 6.06. The van der Waals surface area contributed by atoms with Gasteiger partial charge in [0.2, 0.25) is 0 Å². The number of carbonyl (C=O) groups is 1. The van der Waals surface area contributed by atoms with Crippen LogP contribution in [0.4, 0.5) is 0 Å². The minimum Gasteiger partial charge on any atom is -0.299 e. The number of thioether (sulfide) groups is 1. The van der Waals surface area contributed by atoms with Gasteiger partial charge in [0.1, 0.15) is 5.78 Å². The summed E-state index contributed by atoms with van der Waals surface area (Å²) in [5.74, 6) is 1.53. The Labute approximate surface area is 110 Å². The lowest BCUT2D eigenvalue weighted by molar-refractivity contribution is -0.116. The van der Waals surface area contributed by atoms with E-state index >= 15 is 0 Å². The van der Waals surface area contributed by atoms with Gasteiger partial charge in [-0.2, -0.15) is 0 Å². The summed E-state index contributed by atoms with van der Waals surface area (Å²) in [6.07, 6.45) is 1.70. The van der Waals surface area contributed by atoms with Gasteiger partial charge in [0.05, 0.1) is 5.75 Å². The maximum Gasteiger partial charge on any atom is 0.143 e. The van der Waals surface area contributed by atoms with Crippen LogP contribution < -0.4 is 0 Å². The Bertz CT molecular complexity index is 350. The Balaban J connectivity index is 2.35. The molecule has 3 heteroatoms. The molecule has 0 bridgehead atoms. The Morgan fingerprint density at radius 3 is 2.69 bits per heavy atom. The van der Waals surface area contributed by atoms with E-state index in [2.05, 4.69) is 29.8 Å². The summed E-state index contributed by atoms with van der Waals surface area (Å²) in [5.41, 5.74) is 0. The Hall–Kier alpha value is -0.280. The van der Waals surface area contributed by atoms with Crippen molar-refractivity contribution in [2.75, 3.05) is 5.75 Å². The summed E-state index contributed by atoms with van der Waals surface area (Å²) >= 11 is 5.09. The molecule has 0 spiro atoms. The first-order valence-corrected chi connectivity index (χ1v) is 7.26. The zero-order valence-corrected chi connectivity index (χ0v) is 12.1. The highest BCUT2D eigenvalue weighted by atomic mass is 79.9. The molecular weight excluding hydrogens is 284 g/mol. The number of carbonyl (C=O) groups excluding carboxylic acids is 1. The van der Waals surface area contributed by atoms with Crippen LogP contribution in [0.5, 0.6) is 0 Å². The van der Waals surface area contributed by atoms with Crippen molar-refractivity contribution >= 4 is 33.5 Å². The third-order valence-electron chi connectivity index (χ3n) is 2.23. The normalized spacial score (nSPS) is 10.8. The lowest BCUT2D eigenvalue weighted by Gasteiger charge is -2.05. The van der Waals surface area contributed by atoms with E-state index in [1.807, 2.05) is 24.3 Å². The molecule has 1 nitrogen and oxygen atoms in total. The number of benzene rings is 1. The molecule has 0 N–H and O–H groups in total. The average Bonchev–Trinajstić information content (AvgIpc) is 2.25. The van der Waals surface area contributed by atoms with Crippen LogP contribution in [-0.2, 0) is 4.79 Å². The fraction of sp³-hybridized carbons (Fsp3) is 0.462. The lowest BCUT2D eigenvalue weighted by atomic mass is 10.1. The van der Waals surface area contributed by atoms with E-state index in [1.165, 1.54) is 0 Å². The van der Waals surface area contributed by atoms with Gasteiger partial charge in [-0.25, -0.2) is 0 Å². The molecule has 16 heavy (non-hydrogen) atoms. The summed E-state index contributed by atoms with van der Waals surface area (Å²) in [6.45, 7) is 4.29. The largest absolute Gasteiger partial charge is 0.299 e. The second-order valence-electron chi connectivity index (χ2n) is 4.19. The molecule has 1 aromatic rings. The maximum atomic E-state index is 11.6. The Kier molecular flexibility index (Phi) is 6.14. The molecule has 1 aromatic carbocycles. The van der Waals surface area contributed by atoms with Crippen LogP contribution >= 0.6 is 27.7 Å². The average molecular weight is 301 g/mol. The number of hydrogen-bond donors (Lipinski definition) is 0.